The molecule has 6 rings (SSSR count). The van der Waals surface area contributed by atoms with Gasteiger partial charge in [-0.05, 0) is 118 Å². The molecular weight excluding hydrogens is 416 g/mol. The van der Waals surface area contributed by atoms with Gasteiger partial charge in [-0.15, -0.1) is 0 Å². The number of rotatable bonds is 5. The molecule has 0 fully saturated rings. The number of fused-ring (bicyclic) bond motifs is 3. The van der Waals surface area contributed by atoms with Crippen LogP contribution in [-0.4, -0.2) is 15.0 Å². The van der Waals surface area contributed by atoms with Gasteiger partial charge >= 0.3 is 0 Å². The van der Waals surface area contributed by atoms with E-state index >= 15 is 0 Å². The maximum Gasteiger partial charge on any atom is 0.0581 e. The molecular formula is C30H36N4. The molecule has 4 nitrogen and oxygen atoms in total. The topological polar surface area (TPSA) is 64.7 Å². The third-order valence-corrected chi connectivity index (χ3v) is 8.22. The van der Waals surface area contributed by atoms with Crippen molar-refractivity contribution in [3.8, 4) is 0 Å². The molecule has 0 aromatic carbocycles. The van der Waals surface area contributed by atoms with Crippen LogP contribution in [0.4, 0.5) is 0 Å². The Morgan fingerprint density at radius 3 is 1.65 bits per heavy atom. The number of hydrogen-bond acceptors (Lipinski definition) is 4. The van der Waals surface area contributed by atoms with E-state index in [4.69, 9.17) is 20.7 Å². The molecule has 0 bridgehead atoms. The molecule has 3 aromatic heterocycles. The standard InChI is InChI=1S/C30H36N4/c31-30(29-18-15-22-9-3-6-12-27(22)34-29)24(28-17-14-21-8-2-5-11-26(21)33-28)19-23-16-13-20-7-1-4-10-25(20)32-23/h13-18,24,30H,1-12,19,31H2. The molecule has 0 spiro atoms. The number of aryl methyl sites for hydroxylation is 6. The van der Waals surface area contributed by atoms with Crippen LogP contribution in [0, 0.1) is 0 Å². The van der Waals surface area contributed by atoms with Gasteiger partial charge in [0, 0.05) is 34.4 Å². The molecule has 0 saturated carbocycles. The van der Waals surface area contributed by atoms with E-state index in [9.17, 15) is 0 Å². The van der Waals surface area contributed by atoms with Crippen molar-refractivity contribution in [3.05, 3.63) is 87.3 Å². The van der Waals surface area contributed by atoms with E-state index in [2.05, 4.69) is 36.4 Å². The minimum Gasteiger partial charge on any atom is -0.322 e. The van der Waals surface area contributed by atoms with Crippen molar-refractivity contribution in [2.24, 2.45) is 5.73 Å². The Balaban J connectivity index is 1.36. The predicted octanol–water partition coefficient (Wildman–Crippen LogP) is 5.53. The molecule has 34 heavy (non-hydrogen) atoms. The van der Waals surface area contributed by atoms with Gasteiger partial charge in [0.2, 0.25) is 0 Å². The maximum absolute atomic E-state index is 7.04. The molecule has 3 heterocycles. The number of nitrogens with zero attached hydrogens (tertiary/aromatic N) is 3. The zero-order chi connectivity index (χ0) is 22.9. The van der Waals surface area contributed by atoms with Gasteiger partial charge in [-0.2, -0.15) is 0 Å². The summed E-state index contributed by atoms with van der Waals surface area (Å²) in [6.07, 6.45) is 15.1. The highest BCUT2D eigenvalue weighted by molar-refractivity contribution is 5.33. The Hall–Kier alpha value is -2.59. The molecule has 3 aliphatic carbocycles. The van der Waals surface area contributed by atoms with E-state index in [0.717, 1.165) is 62.0 Å². The van der Waals surface area contributed by atoms with E-state index in [1.54, 1.807) is 0 Å². The molecule has 176 valence electrons. The fraction of sp³-hybridized carbons (Fsp3) is 0.500. The van der Waals surface area contributed by atoms with E-state index < -0.39 is 0 Å². The first kappa shape index (κ1) is 21.9. The largest absolute Gasteiger partial charge is 0.322 e. The molecule has 2 atom stereocenters. The van der Waals surface area contributed by atoms with Crippen LogP contribution in [-0.2, 0) is 44.9 Å². The van der Waals surface area contributed by atoms with Crippen molar-refractivity contribution in [1.82, 2.24) is 15.0 Å². The van der Waals surface area contributed by atoms with Crippen molar-refractivity contribution in [3.63, 3.8) is 0 Å². The van der Waals surface area contributed by atoms with Gasteiger partial charge in [-0.25, -0.2) is 0 Å². The Morgan fingerprint density at radius 1 is 0.559 bits per heavy atom. The van der Waals surface area contributed by atoms with Gasteiger partial charge in [0.1, 0.15) is 0 Å². The Bertz CT molecular complexity index is 1180. The normalized spacial score (nSPS) is 19.0. The van der Waals surface area contributed by atoms with Gasteiger partial charge in [0.15, 0.2) is 0 Å². The van der Waals surface area contributed by atoms with Crippen LogP contribution in [0.2, 0.25) is 0 Å². The monoisotopic (exact) mass is 452 g/mol. The van der Waals surface area contributed by atoms with Crippen molar-refractivity contribution >= 4 is 0 Å². The van der Waals surface area contributed by atoms with Gasteiger partial charge in [0.05, 0.1) is 11.7 Å². The summed E-state index contributed by atoms with van der Waals surface area (Å²) in [4.78, 5) is 15.4. The second-order valence-corrected chi connectivity index (χ2v) is 10.5. The minimum absolute atomic E-state index is 0.0653. The highest BCUT2D eigenvalue weighted by Crippen LogP contribution is 2.34. The summed E-state index contributed by atoms with van der Waals surface area (Å²) in [5.74, 6) is 0.0653. The summed E-state index contributed by atoms with van der Waals surface area (Å²) in [5.41, 5.74) is 18.4. The third-order valence-electron chi connectivity index (χ3n) is 8.22. The molecule has 0 aliphatic heterocycles. The maximum atomic E-state index is 7.04. The van der Waals surface area contributed by atoms with Crippen LogP contribution in [0.5, 0.6) is 0 Å². The van der Waals surface area contributed by atoms with Crippen LogP contribution in [0.1, 0.15) is 101 Å². The second-order valence-electron chi connectivity index (χ2n) is 10.5. The zero-order valence-corrected chi connectivity index (χ0v) is 20.2. The average molecular weight is 453 g/mol. The van der Waals surface area contributed by atoms with Gasteiger partial charge in [0.25, 0.3) is 0 Å². The Kier molecular flexibility index (Phi) is 6.17. The highest BCUT2D eigenvalue weighted by atomic mass is 14.8. The average Bonchev–Trinajstić information content (AvgIpc) is 2.90. The van der Waals surface area contributed by atoms with Crippen LogP contribution < -0.4 is 5.73 Å². The number of pyridine rings is 3. The Labute approximate surface area is 203 Å². The number of aromatic nitrogens is 3. The lowest BCUT2D eigenvalue weighted by atomic mass is 9.86. The second kappa shape index (κ2) is 9.58. The molecule has 0 radical (unpaired) electrons. The van der Waals surface area contributed by atoms with Crippen molar-refractivity contribution in [1.29, 1.82) is 0 Å². The van der Waals surface area contributed by atoms with Crippen molar-refractivity contribution in [2.45, 2.75) is 95.4 Å². The zero-order valence-electron chi connectivity index (χ0n) is 20.2. The van der Waals surface area contributed by atoms with Gasteiger partial charge < -0.3 is 5.73 Å². The molecule has 0 saturated heterocycles. The van der Waals surface area contributed by atoms with Crippen LogP contribution in [0.25, 0.3) is 0 Å². The van der Waals surface area contributed by atoms with E-state index in [0.29, 0.717) is 0 Å². The molecule has 3 aliphatic rings. The third kappa shape index (κ3) is 4.40. The van der Waals surface area contributed by atoms with E-state index in [1.807, 2.05) is 0 Å². The summed E-state index contributed by atoms with van der Waals surface area (Å²) in [5, 5.41) is 0. The molecule has 0 amide bonds. The fourth-order valence-electron chi connectivity index (χ4n) is 6.18. The van der Waals surface area contributed by atoms with Gasteiger partial charge in [-0.1, -0.05) is 18.2 Å². The lowest BCUT2D eigenvalue weighted by Crippen LogP contribution is -2.25. The van der Waals surface area contributed by atoms with E-state index in [1.165, 1.54) is 72.3 Å². The summed E-state index contributed by atoms with van der Waals surface area (Å²) in [7, 11) is 0. The highest BCUT2D eigenvalue weighted by Gasteiger charge is 2.27. The number of hydrogen-bond donors (Lipinski definition) is 1. The molecule has 3 aromatic rings. The van der Waals surface area contributed by atoms with Crippen molar-refractivity contribution in [2.75, 3.05) is 0 Å². The first-order chi connectivity index (χ1) is 16.7. The SMILES string of the molecule is NC(c1ccc2c(n1)CCCC2)C(Cc1ccc2c(n1)CCCC2)c1ccc2c(n1)CCCC2. The van der Waals surface area contributed by atoms with Gasteiger partial charge in [-0.3, -0.25) is 15.0 Å². The molecule has 2 unspecified atom stereocenters. The molecule has 4 heteroatoms. The summed E-state index contributed by atoms with van der Waals surface area (Å²) in [6, 6.07) is 13.3. The Morgan fingerprint density at radius 2 is 1.03 bits per heavy atom. The van der Waals surface area contributed by atoms with Crippen LogP contribution >= 0.6 is 0 Å². The lowest BCUT2D eigenvalue weighted by Gasteiger charge is -2.27. The quantitative estimate of drug-likeness (QED) is 0.552. The molecule has 2 N–H and O–H groups in total. The summed E-state index contributed by atoms with van der Waals surface area (Å²) < 4.78 is 0. The lowest BCUT2D eigenvalue weighted by molar-refractivity contribution is 0.512. The predicted molar refractivity (Wildman–Crippen MR) is 136 cm³/mol. The van der Waals surface area contributed by atoms with Crippen molar-refractivity contribution < 1.29 is 0 Å². The van der Waals surface area contributed by atoms with Crippen LogP contribution in [0.3, 0.4) is 0 Å². The summed E-state index contributed by atoms with van der Waals surface area (Å²) in [6.45, 7) is 0. The number of nitrogens with two attached hydrogens (primary N) is 1. The fourth-order valence-corrected chi connectivity index (χ4v) is 6.18. The van der Waals surface area contributed by atoms with Crippen LogP contribution in [0.15, 0.2) is 36.4 Å². The first-order valence-electron chi connectivity index (χ1n) is 13.5. The summed E-state index contributed by atoms with van der Waals surface area (Å²) >= 11 is 0. The minimum atomic E-state index is -0.195. The van der Waals surface area contributed by atoms with E-state index in [-0.39, 0.29) is 12.0 Å². The first-order valence-corrected chi connectivity index (χ1v) is 13.5. The smallest absolute Gasteiger partial charge is 0.0581 e.